The number of likely N-dealkylation sites (tertiary alicyclic amines) is 1. The molecule has 7 nitrogen and oxygen atoms in total. The maximum Gasteiger partial charge on any atom is 0.254 e. The van der Waals surface area contributed by atoms with Crippen LogP contribution in [0.3, 0.4) is 0 Å². The van der Waals surface area contributed by atoms with E-state index in [9.17, 15) is 9.59 Å². The van der Waals surface area contributed by atoms with Crippen molar-refractivity contribution in [1.82, 2.24) is 24.8 Å². The molecule has 1 unspecified atom stereocenters. The molecular weight excluding hydrogens is 342 g/mol. The number of carbonyl (C=O) groups is 2. The lowest BCUT2D eigenvalue weighted by atomic mass is 10.1. The van der Waals surface area contributed by atoms with Crippen LogP contribution in [0.2, 0.25) is 0 Å². The SMILES string of the molecule is CN(C(=O)c1ccc2nnn(C)c2c1)C1CCN(Cc2ccccc2)C1=O. The van der Waals surface area contributed by atoms with E-state index in [0.717, 1.165) is 16.6 Å². The Morgan fingerprint density at radius 3 is 2.78 bits per heavy atom. The number of aryl methyl sites for hydroxylation is 1. The molecule has 0 aliphatic carbocycles. The molecule has 2 heterocycles. The van der Waals surface area contributed by atoms with Crippen LogP contribution in [0.4, 0.5) is 0 Å². The lowest BCUT2D eigenvalue weighted by Gasteiger charge is -2.24. The van der Waals surface area contributed by atoms with Crippen LogP contribution in [0.1, 0.15) is 22.3 Å². The zero-order valence-corrected chi connectivity index (χ0v) is 15.4. The van der Waals surface area contributed by atoms with Gasteiger partial charge in [-0.15, -0.1) is 5.10 Å². The highest BCUT2D eigenvalue weighted by Crippen LogP contribution is 2.21. The Kier molecular flexibility index (Phi) is 4.35. The largest absolute Gasteiger partial charge is 0.336 e. The summed E-state index contributed by atoms with van der Waals surface area (Å²) in [6.45, 7) is 1.23. The topological polar surface area (TPSA) is 71.3 Å². The molecule has 0 spiro atoms. The Morgan fingerprint density at radius 2 is 2.00 bits per heavy atom. The monoisotopic (exact) mass is 363 g/mol. The van der Waals surface area contributed by atoms with Crippen molar-refractivity contribution in [3.05, 3.63) is 59.7 Å². The van der Waals surface area contributed by atoms with Crippen LogP contribution >= 0.6 is 0 Å². The first-order valence-corrected chi connectivity index (χ1v) is 8.94. The van der Waals surface area contributed by atoms with E-state index in [2.05, 4.69) is 10.3 Å². The lowest BCUT2D eigenvalue weighted by molar-refractivity contribution is -0.131. The smallest absolute Gasteiger partial charge is 0.254 e. The predicted octanol–water partition coefficient (Wildman–Crippen LogP) is 1.84. The molecular formula is C20H21N5O2. The highest BCUT2D eigenvalue weighted by molar-refractivity contribution is 6.00. The molecule has 0 bridgehead atoms. The van der Waals surface area contributed by atoms with E-state index in [1.165, 1.54) is 0 Å². The van der Waals surface area contributed by atoms with E-state index in [1.807, 2.05) is 35.2 Å². The second-order valence-corrected chi connectivity index (χ2v) is 6.88. The fraction of sp³-hybridized carbons (Fsp3) is 0.300. The summed E-state index contributed by atoms with van der Waals surface area (Å²) >= 11 is 0. The second kappa shape index (κ2) is 6.83. The van der Waals surface area contributed by atoms with Crippen molar-refractivity contribution in [2.24, 2.45) is 7.05 Å². The summed E-state index contributed by atoms with van der Waals surface area (Å²) in [5, 5.41) is 7.99. The van der Waals surface area contributed by atoms with Gasteiger partial charge in [0, 0.05) is 32.7 Å². The Balaban J connectivity index is 1.50. The van der Waals surface area contributed by atoms with Crippen molar-refractivity contribution in [3.63, 3.8) is 0 Å². The Morgan fingerprint density at radius 1 is 1.22 bits per heavy atom. The summed E-state index contributed by atoms with van der Waals surface area (Å²) in [7, 11) is 3.48. The molecule has 0 saturated carbocycles. The van der Waals surface area contributed by atoms with Crippen LogP contribution in [0, 0.1) is 0 Å². The zero-order chi connectivity index (χ0) is 19.0. The molecule has 1 fully saturated rings. The van der Waals surface area contributed by atoms with Crippen LogP contribution in [0.15, 0.2) is 48.5 Å². The minimum absolute atomic E-state index is 0.00187. The van der Waals surface area contributed by atoms with Gasteiger partial charge in [0.2, 0.25) is 5.91 Å². The van der Waals surface area contributed by atoms with Gasteiger partial charge < -0.3 is 9.80 Å². The maximum absolute atomic E-state index is 12.9. The summed E-state index contributed by atoms with van der Waals surface area (Å²) in [4.78, 5) is 29.1. The van der Waals surface area contributed by atoms with Crippen LogP contribution in [0.5, 0.6) is 0 Å². The average molecular weight is 363 g/mol. The van der Waals surface area contributed by atoms with E-state index < -0.39 is 6.04 Å². The quantitative estimate of drug-likeness (QED) is 0.709. The Labute approximate surface area is 157 Å². The first-order chi connectivity index (χ1) is 13.0. The number of carbonyl (C=O) groups excluding carboxylic acids is 2. The number of hydrogen-bond donors (Lipinski definition) is 0. The molecule has 2 amide bonds. The fourth-order valence-corrected chi connectivity index (χ4v) is 3.55. The molecule has 0 radical (unpaired) electrons. The minimum Gasteiger partial charge on any atom is -0.336 e. The van der Waals surface area contributed by atoms with Crippen LogP contribution in [-0.4, -0.2) is 56.2 Å². The summed E-state index contributed by atoms with van der Waals surface area (Å²) in [5.74, 6) is -0.170. The molecule has 1 aliphatic heterocycles. The number of rotatable bonds is 4. The molecule has 7 heteroatoms. The number of benzene rings is 2. The van der Waals surface area contributed by atoms with Crippen molar-refractivity contribution < 1.29 is 9.59 Å². The van der Waals surface area contributed by atoms with E-state index in [-0.39, 0.29) is 11.8 Å². The lowest BCUT2D eigenvalue weighted by Crippen LogP contribution is -2.42. The minimum atomic E-state index is -0.429. The maximum atomic E-state index is 12.9. The summed E-state index contributed by atoms with van der Waals surface area (Å²) < 4.78 is 1.63. The first-order valence-electron chi connectivity index (χ1n) is 8.94. The van der Waals surface area contributed by atoms with Gasteiger partial charge in [-0.25, -0.2) is 4.68 Å². The van der Waals surface area contributed by atoms with Gasteiger partial charge in [-0.3, -0.25) is 9.59 Å². The normalized spacial score (nSPS) is 16.9. The standard InChI is InChI=1S/C20H21N5O2/c1-23(19(26)15-8-9-16-18(12-15)24(2)22-21-16)17-10-11-25(20(17)27)13-14-6-4-3-5-7-14/h3-9,12,17H,10-11,13H2,1-2H3. The van der Waals surface area contributed by atoms with Crippen molar-refractivity contribution in [2.45, 2.75) is 19.0 Å². The van der Waals surface area contributed by atoms with Crippen molar-refractivity contribution in [1.29, 1.82) is 0 Å². The number of likely N-dealkylation sites (N-methyl/N-ethyl adjacent to an activating group) is 1. The third-order valence-electron chi connectivity index (χ3n) is 5.13. The molecule has 0 N–H and O–H groups in total. The number of aromatic nitrogens is 3. The molecule has 1 aliphatic rings. The van der Waals surface area contributed by atoms with Gasteiger partial charge in [-0.2, -0.15) is 0 Å². The van der Waals surface area contributed by atoms with Gasteiger partial charge in [0.05, 0.1) is 5.52 Å². The summed E-state index contributed by atoms with van der Waals surface area (Å²) in [6, 6.07) is 14.8. The molecule has 1 aromatic heterocycles. The molecule has 1 saturated heterocycles. The molecule has 2 aromatic carbocycles. The van der Waals surface area contributed by atoms with Gasteiger partial charge >= 0.3 is 0 Å². The van der Waals surface area contributed by atoms with E-state index in [1.54, 1.807) is 41.9 Å². The van der Waals surface area contributed by atoms with Crippen molar-refractivity contribution in [3.8, 4) is 0 Å². The van der Waals surface area contributed by atoms with Gasteiger partial charge in [-0.05, 0) is 30.2 Å². The highest BCUT2D eigenvalue weighted by Gasteiger charge is 2.36. The number of hydrogen-bond acceptors (Lipinski definition) is 4. The van der Waals surface area contributed by atoms with Gasteiger partial charge in [0.15, 0.2) is 0 Å². The van der Waals surface area contributed by atoms with Crippen LogP contribution < -0.4 is 0 Å². The van der Waals surface area contributed by atoms with Gasteiger partial charge in [0.1, 0.15) is 11.6 Å². The zero-order valence-electron chi connectivity index (χ0n) is 15.4. The predicted molar refractivity (Wildman–Crippen MR) is 101 cm³/mol. The molecule has 138 valence electrons. The summed E-state index contributed by atoms with van der Waals surface area (Å²) in [6.07, 6.45) is 0.642. The second-order valence-electron chi connectivity index (χ2n) is 6.88. The first kappa shape index (κ1) is 17.2. The van der Waals surface area contributed by atoms with E-state index in [0.29, 0.717) is 25.1 Å². The number of amides is 2. The molecule has 27 heavy (non-hydrogen) atoms. The van der Waals surface area contributed by atoms with Crippen molar-refractivity contribution >= 4 is 22.8 Å². The average Bonchev–Trinajstić information content (AvgIpc) is 3.24. The third-order valence-corrected chi connectivity index (χ3v) is 5.13. The third kappa shape index (κ3) is 3.16. The van der Waals surface area contributed by atoms with Gasteiger partial charge in [-0.1, -0.05) is 35.5 Å². The Bertz CT molecular complexity index is 998. The number of nitrogens with zero attached hydrogens (tertiary/aromatic N) is 5. The highest BCUT2D eigenvalue weighted by atomic mass is 16.2. The van der Waals surface area contributed by atoms with Gasteiger partial charge in [0.25, 0.3) is 5.91 Å². The summed E-state index contributed by atoms with van der Waals surface area (Å²) in [5.41, 5.74) is 3.15. The Hall–Kier alpha value is -3.22. The van der Waals surface area contributed by atoms with Crippen molar-refractivity contribution in [2.75, 3.05) is 13.6 Å². The molecule has 4 rings (SSSR count). The molecule has 3 aromatic rings. The fourth-order valence-electron chi connectivity index (χ4n) is 3.55. The van der Waals surface area contributed by atoms with E-state index in [4.69, 9.17) is 0 Å². The van der Waals surface area contributed by atoms with E-state index >= 15 is 0 Å². The van der Waals surface area contributed by atoms with Crippen LogP contribution in [-0.2, 0) is 18.4 Å². The molecule has 1 atom stereocenters. The number of fused-ring (bicyclic) bond motifs is 1. The van der Waals surface area contributed by atoms with Crippen LogP contribution in [0.25, 0.3) is 11.0 Å².